The molecule has 0 aliphatic carbocycles. The minimum atomic E-state index is 0.616. The maximum atomic E-state index is 5.24. The average Bonchev–Trinajstić information content (AvgIpc) is 2.41. The second-order valence-corrected chi connectivity index (χ2v) is 1.85. The molecule has 0 radical (unpaired) electrons. The van der Waals surface area contributed by atoms with Crippen LogP contribution < -0.4 is 5.73 Å². The van der Waals surface area contributed by atoms with Crippen molar-refractivity contribution in [3.8, 4) is 11.8 Å². The van der Waals surface area contributed by atoms with E-state index >= 15 is 0 Å². The first-order valence-corrected chi connectivity index (χ1v) is 3.14. The number of furan rings is 1. The summed E-state index contributed by atoms with van der Waals surface area (Å²) in [7, 11) is 0. The van der Waals surface area contributed by atoms with Gasteiger partial charge in [-0.15, -0.1) is 0 Å². The zero-order valence-corrected chi connectivity index (χ0v) is 5.63. The Morgan fingerprint density at radius 2 is 2.50 bits per heavy atom. The Hall–Kier alpha value is -1.20. The van der Waals surface area contributed by atoms with E-state index in [1.165, 1.54) is 0 Å². The minimum Gasteiger partial charge on any atom is -0.471 e. The van der Waals surface area contributed by atoms with Gasteiger partial charge in [0.25, 0.3) is 0 Å². The van der Waals surface area contributed by atoms with Gasteiger partial charge < -0.3 is 10.2 Å². The van der Waals surface area contributed by atoms with Crippen LogP contribution in [0.2, 0.25) is 0 Å². The molecule has 1 heterocycles. The van der Waals surface area contributed by atoms with Gasteiger partial charge in [-0.3, -0.25) is 0 Å². The first-order chi connectivity index (χ1) is 4.93. The third kappa shape index (κ3) is 1.96. The number of hydrogen-bond donors (Lipinski definition) is 1. The standard InChI is InChI=1S/C8H9NO/c9-5-2-1-3-8-4-6-10-7-8/h4,6-7H,2,5,9H2. The molecule has 0 saturated heterocycles. The van der Waals surface area contributed by atoms with Crippen LogP contribution in [0.25, 0.3) is 0 Å². The first-order valence-electron chi connectivity index (χ1n) is 3.14. The molecular weight excluding hydrogens is 126 g/mol. The molecule has 0 fully saturated rings. The van der Waals surface area contributed by atoms with Crippen LogP contribution in [-0.2, 0) is 0 Å². The van der Waals surface area contributed by atoms with Crippen molar-refractivity contribution in [2.24, 2.45) is 5.73 Å². The smallest absolute Gasteiger partial charge is 0.106 e. The topological polar surface area (TPSA) is 39.2 Å². The fourth-order valence-electron chi connectivity index (χ4n) is 0.572. The van der Waals surface area contributed by atoms with E-state index in [9.17, 15) is 0 Å². The maximum absolute atomic E-state index is 5.24. The summed E-state index contributed by atoms with van der Waals surface area (Å²) in [5, 5.41) is 0. The Labute approximate surface area is 60.0 Å². The number of nitrogens with two attached hydrogens (primary N) is 1. The Kier molecular flexibility index (Phi) is 2.60. The summed E-state index contributed by atoms with van der Waals surface area (Å²) >= 11 is 0. The van der Waals surface area contributed by atoms with Crippen LogP contribution in [0, 0.1) is 11.8 Å². The molecular formula is C8H9NO. The summed E-state index contributed by atoms with van der Waals surface area (Å²) in [6.07, 6.45) is 3.96. The summed E-state index contributed by atoms with van der Waals surface area (Å²) in [6.45, 7) is 0.616. The molecule has 0 saturated carbocycles. The molecule has 2 nitrogen and oxygen atoms in total. The van der Waals surface area contributed by atoms with E-state index in [1.54, 1.807) is 12.5 Å². The third-order valence-corrected chi connectivity index (χ3v) is 1.02. The van der Waals surface area contributed by atoms with Gasteiger partial charge in [0.2, 0.25) is 0 Å². The van der Waals surface area contributed by atoms with Gasteiger partial charge in [-0.25, -0.2) is 0 Å². The zero-order valence-electron chi connectivity index (χ0n) is 5.63. The van der Waals surface area contributed by atoms with Gasteiger partial charge in [-0.1, -0.05) is 11.8 Å². The highest BCUT2D eigenvalue weighted by Gasteiger charge is 1.83. The van der Waals surface area contributed by atoms with Gasteiger partial charge in [-0.05, 0) is 6.07 Å². The molecule has 2 N–H and O–H groups in total. The molecule has 0 amide bonds. The Bertz CT molecular complexity index is 228. The summed E-state index contributed by atoms with van der Waals surface area (Å²) < 4.78 is 4.81. The largest absolute Gasteiger partial charge is 0.471 e. The van der Waals surface area contributed by atoms with E-state index < -0.39 is 0 Å². The second-order valence-electron chi connectivity index (χ2n) is 1.85. The van der Waals surface area contributed by atoms with Gasteiger partial charge in [0.15, 0.2) is 0 Å². The lowest BCUT2D eigenvalue weighted by molar-refractivity contribution is 0.566. The number of hydrogen-bond acceptors (Lipinski definition) is 2. The van der Waals surface area contributed by atoms with Gasteiger partial charge in [0.1, 0.15) is 6.26 Å². The van der Waals surface area contributed by atoms with Crippen LogP contribution >= 0.6 is 0 Å². The molecule has 0 bridgehead atoms. The van der Waals surface area contributed by atoms with Crippen molar-refractivity contribution in [3.63, 3.8) is 0 Å². The van der Waals surface area contributed by atoms with Crippen molar-refractivity contribution >= 4 is 0 Å². The lowest BCUT2D eigenvalue weighted by Crippen LogP contribution is -1.95. The molecule has 2 heteroatoms. The molecule has 0 aliphatic rings. The SMILES string of the molecule is NCCC#Cc1ccoc1. The van der Waals surface area contributed by atoms with E-state index in [0.717, 1.165) is 12.0 Å². The normalized spacial score (nSPS) is 8.50. The van der Waals surface area contributed by atoms with E-state index in [4.69, 9.17) is 10.2 Å². The Morgan fingerprint density at radius 3 is 3.10 bits per heavy atom. The van der Waals surface area contributed by atoms with Gasteiger partial charge >= 0.3 is 0 Å². The van der Waals surface area contributed by atoms with Crippen molar-refractivity contribution in [1.82, 2.24) is 0 Å². The van der Waals surface area contributed by atoms with Crippen molar-refractivity contribution in [3.05, 3.63) is 24.2 Å². The fourth-order valence-corrected chi connectivity index (χ4v) is 0.572. The number of rotatable bonds is 1. The predicted octanol–water partition coefficient (Wildman–Crippen LogP) is 0.980. The Morgan fingerprint density at radius 1 is 1.60 bits per heavy atom. The van der Waals surface area contributed by atoms with Crippen LogP contribution in [0.3, 0.4) is 0 Å². The molecule has 0 aromatic carbocycles. The summed E-state index contributed by atoms with van der Waals surface area (Å²) in [4.78, 5) is 0. The average molecular weight is 135 g/mol. The van der Waals surface area contributed by atoms with Crippen molar-refractivity contribution in [2.75, 3.05) is 6.54 Å². The quantitative estimate of drug-likeness (QED) is 0.583. The molecule has 1 rings (SSSR count). The highest BCUT2D eigenvalue weighted by molar-refractivity contribution is 5.29. The molecule has 0 unspecified atom stereocenters. The van der Waals surface area contributed by atoms with Crippen molar-refractivity contribution in [2.45, 2.75) is 6.42 Å². The lowest BCUT2D eigenvalue weighted by atomic mass is 10.3. The highest BCUT2D eigenvalue weighted by Crippen LogP contribution is 1.95. The fraction of sp³-hybridized carbons (Fsp3) is 0.250. The van der Waals surface area contributed by atoms with E-state index in [0.29, 0.717) is 6.54 Å². The van der Waals surface area contributed by atoms with Crippen LogP contribution in [0.15, 0.2) is 23.0 Å². The van der Waals surface area contributed by atoms with Crippen molar-refractivity contribution < 1.29 is 4.42 Å². The first kappa shape index (κ1) is 6.91. The highest BCUT2D eigenvalue weighted by atomic mass is 16.3. The van der Waals surface area contributed by atoms with Gasteiger partial charge in [-0.2, -0.15) is 0 Å². The molecule has 1 aromatic rings. The lowest BCUT2D eigenvalue weighted by Gasteiger charge is -1.77. The summed E-state index contributed by atoms with van der Waals surface area (Å²) in [5.74, 6) is 5.80. The second kappa shape index (κ2) is 3.76. The zero-order chi connectivity index (χ0) is 7.23. The third-order valence-electron chi connectivity index (χ3n) is 1.02. The van der Waals surface area contributed by atoms with Gasteiger partial charge in [0.05, 0.1) is 11.8 Å². The van der Waals surface area contributed by atoms with Crippen molar-refractivity contribution in [1.29, 1.82) is 0 Å². The molecule has 52 valence electrons. The predicted molar refractivity (Wildman–Crippen MR) is 39.3 cm³/mol. The van der Waals surface area contributed by atoms with Crippen LogP contribution in [0.5, 0.6) is 0 Å². The molecule has 1 aromatic heterocycles. The van der Waals surface area contributed by atoms with Gasteiger partial charge in [0, 0.05) is 13.0 Å². The monoisotopic (exact) mass is 135 g/mol. The molecule has 0 aliphatic heterocycles. The van der Waals surface area contributed by atoms with E-state index in [-0.39, 0.29) is 0 Å². The summed E-state index contributed by atoms with van der Waals surface area (Å²) in [6, 6.07) is 1.82. The molecule has 10 heavy (non-hydrogen) atoms. The molecule has 0 atom stereocenters. The minimum absolute atomic E-state index is 0.616. The van der Waals surface area contributed by atoms with E-state index in [2.05, 4.69) is 11.8 Å². The van der Waals surface area contributed by atoms with Crippen LogP contribution in [-0.4, -0.2) is 6.54 Å². The van der Waals surface area contributed by atoms with Crippen LogP contribution in [0.4, 0.5) is 0 Å². The summed E-state index contributed by atoms with van der Waals surface area (Å²) in [5.41, 5.74) is 6.15. The van der Waals surface area contributed by atoms with Crippen LogP contribution in [0.1, 0.15) is 12.0 Å². The van der Waals surface area contributed by atoms with E-state index in [1.807, 2.05) is 6.07 Å². The molecule has 0 spiro atoms. The maximum Gasteiger partial charge on any atom is 0.106 e. The Balaban J connectivity index is 2.49.